The van der Waals surface area contributed by atoms with Crippen LogP contribution in [0.4, 0.5) is 5.69 Å². The highest BCUT2D eigenvalue weighted by molar-refractivity contribution is 5.54. The normalized spacial score (nSPS) is 20.9. The van der Waals surface area contributed by atoms with Crippen LogP contribution in [0.1, 0.15) is 40.2 Å². The Morgan fingerprint density at radius 3 is 2.30 bits per heavy atom. The highest BCUT2D eigenvalue weighted by Crippen LogP contribution is 2.32. The Morgan fingerprint density at radius 1 is 1.10 bits per heavy atom. The SMILES string of the molecule is CCNCc1ccccc1N1CC(C)(C)OC(C)(C)C1. The first-order chi connectivity index (χ1) is 9.33. The van der Waals surface area contributed by atoms with E-state index in [9.17, 15) is 0 Å². The summed E-state index contributed by atoms with van der Waals surface area (Å²) >= 11 is 0. The third-order valence-corrected chi connectivity index (χ3v) is 3.59. The van der Waals surface area contributed by atoms with Crippen LogP contribution in [-0.2, 0) is 11.3 Å². The summed E-state index contributed by atoms with van der Waals surface area (Å²) in [5.41, 5.74) is 2.46. The maximum atomic E-state index is 6.18. The van der Waals surface area contributed by atoms with Crippen LogP contribution >= 0.6 is 0 Å². The van der Waals surface area contributed by atoms with E-state index < -0.39 is 0 Å². The van der Waals surface area contributed by atoms with Crippen LogP contribution in [0.3, 0.4) is 0 Å². The fourth-order valence-corrected chi connectivity index (χ4v) is 3.19. The van der Waals surface area contributed by atoms with E-state index in [1.54, 1.807) is 0 Å². The average molecular weight is 276 g/mol. The molecule has 0 aliphatic carbocycles. The topological polar surface area (TPSA) is 24.5 Å². The predicted octanol–water partition coefficient (Wildman–Crippen LogP) is 3.19. The molecule has 1 heterocycles. The molecule has 0 atom stereocenters. The van der Waals surface area contributed by atoms with Gasteiger partial charge in [-0.25, -0.2) is 0 Å². The van der Waals surface area contributed by atoms with Crippen molar-refractivity contribution in [3.05, 3.63) is 29.8 Å². The van der Waals surface area contributed by atoms with Gasteiger partial charge in [-0.2, -0.15) is 0 Å². The Labute approximate surface area is 123 Å². The Hall–Kier alpha value is -1.06. The number of para-hydroxylation sites is 1. The lowest BCUT2D eigenvalue weighted by Crippen LogP contribution is -2.57. The minimum absolute atomic E-state index is 0.118. The van der Waals surface area contributed by atoms with Crippen molar-refractivity contribution in [1.29, 1.82) is 0 Å². The van der Waals surface area contributed by atoms with Crippen molar-refractivity contribution in [2.24, 2.45) is 0 Å². The molecule has 0 amide bonds. The van der Waals surface area contributed by atoms with Crippen LogP contribution < -0.4 is 10.2 Å². The van der Waals surface area contributed by atoms with E-state index in [0.29, 0.717) is 0 Å². The lowest BCUT2D eigenvalue weighted by atomic mass is 9.97. The van der Waals surface area contributed by atoms with Crippen molar-refractivity contribution in [2.45, 2.75) is 52.4 Å². The van der Waals surface area contributed by atoms with Gasteiger partial charge in [0.05, 0.1) is 11.2 Å². The number of hydrogen-bond acceptors (Lipinski definition) is 3. The van der Waals surface area contributed by atoms with Crippen molar-refractivity contribution in [3.63, 3.8) is 0 Å². The second-order valence-corrected chi connectivity index (χ2v) is 6.89. The van der Waals surface area contributed by atoms with E-state index in [0.717, 1.165) is 26.2 Å². The summed E-state index contributed by atoms with van der Waals surface area (Å²) in [7, 11) is 0. The van der Waals surface area contributed by atoms with Gasteiger partial charge in [-0.3, -0.25) is 0 Å². The van der Waals surface area contributed by atoms with Crippen molar-refractivity contribution in [1.82, 2.24) is 5.32 Å². The van der Waals surface area contributed by atoms with Gasteiger partial charge in [0.2, 0.25) is 0 Å². The van der Waals surface area contributed by atoms with Gasteiger partial charge >= 0.3 is 0 Å². The van der Waals surface area contributed by atoms with Crippen molar-refractivity contribution < 1.29 is 4.74 Å². The number of nitrogens with one attached hydrogen (secondary N) is 1. The number of anilines is 1. The molecule has 1 saturated heterocycles. The minimum atomic E-state index is -0.118. The molecule has 0 spiro atoms. The molecule has 1 aliphatic rings. The Bertz CT molecular complexity index is 438. The zero-order chi connectivity index (χ0) is 14.8. The molecule has 0 saturated carbocycles. The maximum Gasteiger partial charge on any atom is 0.0808 e. The van der Waals surface area contributed by atoms with E-state index in [1.807, 2.05) is 0 Å². The molecule has 1 N–H and O–H groups in total. The van der Waals surface area contributed by atoms with Crippen molar-refractivity contribution >= 4 is 5.69 Å². The quantitative estimate of drug-likeness (QED) is 0.914. The van der Waals surface area contributed by atoms with E-state index in [2.05, 4.69) is 69.1 Å². The molecular formula is C17H28N2O. The smallest absolute Gasteiger partial charge is 0.0808 e. The van der Waals surface area contributed by atoms with Crippen LogP contribution in [0.2, 0.25) is 0 Å². The molecule has 1 aromatic carbocycles. The van der Waals surface area contributed by atoms with Gasteiger partial charge in [0, 0.05) is 25.3 Å². The van der Waals surface area contributed by atoms with Gasteiger partial charge in [-0.05, 0) is 45.9 Å². The summed E-state index contributed by atoms with van der Waals surface area (Å²) < 4.78 is 6.18. The number of benzene rings is 1. The average Bonchev–Trinajstić information content (AvgIpc) is 2.33. The summed E-state index contributed by atoms with van der Waals surface area (Å²) in [4.78, 5) is 2.47. The number of morpholine rings is 1. The summed E-state index contributed by atoms with van der Waals surface area (Å²) in [5, 5.41) is 3.43. The molecule has 3 nitrogen and oxygen atoms in total. The number of hydrogen-bond donors (Lipinski definition) is 1. The monoisotopic (exact) mass is 276 g/mol. The molecule has 1 aromatic rings. The first kappa shape index (κ1) is 15.3. The lowest BCUT2D eigenvalue weighted by molar-refractivity contribution is -0.133. The van der Waals surface area contributed by atoms with E-state index >= 15 is 0 Å². The second-order valence-electron chi connectivity index (χ2n) is 6.89. The Morgan fingerprint density at radius 2 is 1.70 bits per heavy atom. The largest absolute Gasteiger partial charge is 0.366 e. The van der Waals surface area contributed by atoms with Crippen LogP contribution in [0.15, 0.2) is 24.3 Å². The minimum Gasteiger partial charge on any atom is -0.366 e. The van der Waals surface area contributed by atoms with Gasteiger partial charge < -0.3 is 15.0 Å². The van der Waals surface area contributed by atoms with Gasteiger partial charge in [-0.15, -0.1) is 0 Å². The third kappa shape index (κ3) is 3.74. The fraction of sp³-hybridized carbons (Fsp3) is 0.647. The summed E-state index contributed by atoms with van der Waals surface area (Å²) in [5.74, 6) is 0. The van der Waals surface area contributed by atoms with Crippen molar-refractivity contribution in [2.75, 3.05) is 24.5 Å². The van der Waals surface area contributed by atoms with Gasteiger partial charge in [0.1, 0.15) is 0 Å². The molecule has 1 fully saturated rings. The third-order valence-electron chi connectivity index (χ3n) is 3.59. The van der Waals surface area contributed by atoms with Gasteiger partial charge in [0.15, 0.2) is 0 Å². The molecule has 20 heavy (non-hydrogen) atoms. The summed E-state index contributed by atoms with van der Waals surface area (Å²) in [6.45, 7) is 14.6. The lowest BCUT2D eigenvalue weighted by Gasteiger charge is -2.48. The highest BCUT2D eigenvalue weighted by atomic mass is 16.5. The molecular weight excluding hydrogens is 248 g/mol. The summed E-state index contributed by atoms with van der Waals surface area (Å²) in [6.07, 6.45) is 0. The predicted molar refractivity (Wildman–Crippen MR) is 85.3 cm³/mol. The number of rotatable bonds is 4. The highest BCUT2D eigenvalue weighted by Gasteiger charge is 2.38. The van der Waals surface area contributed by atoms with Gasteiger partial charge in [-0.1, -0.05) is 25.1 Å². The molecule has 3 heteroatoms. The van der Waals surface area contributed by atoms with E-state index in [-0.39, 0.29) is 11.2 Å². The Kier molecular flexibility index (Phi) is 4.40. The van der Waals surface area contributed by atoms with E-state index in [4.69, 9.17) is 4.74 Å². The van der Waals surface area contributed by atoms with Crippen molar-refractivity contribution in [3.8, 4) is 0 Å². The molecule has 0 aromatic heterocycles. The first-order valence-corrected chi connectivity index (χ1v) is 7.57. The zero-order valence-corrected chi connectivity index (χ0v) is 13.5. The maximum absolute atomic E-state index is 6.18. The van der Waals surface area contributed by atoms with E-state index in [1.165, 1.54) is 11.3 Å². The van der Waals surface area contributed by atoms with Crippen LogP contribution in [0.5, 0.6) is 0 Å². The van der Waals surface area contributed by atoms with Crippen LogP contribution in [-0.4, -0.2) is 30.8 Å². The molecule has 0 unspecified atom stereocenters. The fourth-order valence-electron chi connectivity index (χ4n) is 3.19. The summed E-state index contributed by atoms with van der Waals surface area (Å²) in [6, 6.07) is 8.69. The second kappa shape index (κ2) is 5.74. The zero-order valence-electron chi connectivity index (χ0n) is 13.5. The molecule has 112 valence electrons. The molecule has 2 rings (SSSR count). The Balaban J connectivity index is 2.26. The van der Waals surface area contributed by atoms with Crippen LogP contribution in [0.25, 0.3) is 0 Å². The standard InChI is InChI=1S/C17H28N2O/c1-6-18-11-14-9-7-8-10-15(14)19-12-16(2,3)20-17(4,5)13-19/h7-10,18H,6,11-13H2,1-5H3. The van der Waals surface area contributed by atoms with Crippen LogP contribution in [0, 0.1) is 0 Å². The molecule has 0 radical (unpaired) electrons. The first-order valence-electron chi connectivity index (χ1n) is 7.57. The number of ether oxygens (including phenoxy) is 1. The van der Waals surface area contributed by atoms with Gasteiger partial charge in [0.25, 0.3) is 0 Å². The molecule has 1 aliphatic heterocycles. The molecule has 0 bridgehead atoms. The number of nitrogens with zero attached hydrogens (tertiary/aromatic N) is 1.